The number of nitrogens with two attached hydrogens (primary N) is 1. The number of hydrogen-bond acceptors (Lipinski definition) is 6. The Morgan fingerprint density at radius 3 is 2.52 bits per heavy atom. The lowest BCUT2D eigenvalue weighted by Crippen LogP contribution is -2.24. The van der Waals surface area contributed by atoms with Gasteiger partial charge in [-0.1, -0.05) is 0 Å². The van der Waals surface area contributed by atoms with Gasteiger partial charge in [-0.2, -0.15) is 4.37 Å². The van der Waals surface area contributed by atoms with Crippen LogP contribution < -0.4 is 15.8 Å². The van der Waals surface area contributed by atoms with Gasteiger partial charge in [-0.05, 0) is 68.2 Å². The summed E-state index contributed by atoms with van der Waals surface area (Å²) in [4.78, 5) is 15.7. The van der Waals surface area contributed by atoms with Crippen LogP contribution in [0.5, 0.6) is 5.88 Å². The number of hydrogen-bond donors (Lipinski definition) is 2. The van der Waals surface area contributed by atoms with Gasteiger partial charge in [0.2, 0.25) is 5.88 Å². The Morgan fingerprint density at radius 1 is 1.26 bits per heavy atom. The standard InChI is InChI=1S/C8H7N3O2S.C8H15N/c1-13-5-3-2-4-6(7(9)12)11-14-8(4)10-5;1-2-8-4-6-9-5-3-7(1)8/h2-3H,1H3,(H2,9,12);7-9H,1-6H2. The van der Waals surface area contributed by atoms with Gasteiger partial charge in [-0.25, -0.2) is 4.98 Å². The SMILES string of the molecule is C1CC2CCC2CCN1.COc1ccc2c(C(N)=O)nsc2n1. The number of carbonyl (C=O) groups is 1. The highest BCUT2D eigenvalue weighted by molar-refractivity contribution is 7.13. The monoisotopic (exact) mass is 334 g/mol. The fraction of sp³-hybridized carbons (Fsp3) is 0.562. The molecule has 6 nitrogen and oxygen atoms in total. The molecule has 2 unspecified atom stereocenters. The van der Waals surface area contributed by atoms with Gasteiger partial charge in [0.15, 0.2) is 5.69 Å². The van der Waals surface area contributed by atoms with Crippen LogP contribution in [-0.4, -0.2) is 35.5 Å². The summed E-state index contributed by atoms with van der Waals surface area (Å²) in [5.41, 5.74) is 5.41. The molecule has 23 heavy (non-hydrogen) atoms. The normalized spacial score (nSPS) is 23.0. The van der Waals surface area contributed by atoms with E-state index >= 15 is 0 Å². The van der Waals surface area contributed by atoms with Gasteiger partial charge in [0.25, 0.3) is 5.91 Å². The van der Waals surface area contributed by atoms with Crippen molar-refractivity contribution in [2.24, 2.45) is 17.6 Å². The summed E-state index contributed by atoms with van der Waals surface area (Å²) in [7, 11) is 1.53. The Balaban J connectivity index is 0.000000149. The summed E-state index contributed by atoms with van der Waals surface area (Å²) < 4.78 is 8.86. The van der Waals surface area contributed by atoms with Gasteiger partial charge in [-0.15, -0.1) is 0 Å². The van der Waals surface area contributed by atoms with Gasteiger partial charge in [0.05, 0.1) is 7.11 Å². The van der Waals surface area contributed by atoms with Crippen molar-refractivity contribution < 1.29 is 9.53 Å². The summed E-state index contributed by atoms with van der Waals surface area (Å²) in [6.45, 7) is 2.56. The lowest BCUT2D eigenvalue weighted by atomic mass is 9.71. The number of nitrogens with zero attached hydrogens (tertiary/aromatic N) is 2. The van der Waals surface area contributed by atoms with Crippen LogP contribution in [0.1, 0.15) is 36.2 Å². The third-order valence-electron chi connectivity index (χ3n) is 4.71. The summed E-state index contributed by atoms with van der Waals surface area (Å²) in [5, 5.41) is 4.12. The Morgan fingerprint density at radius 2 is 1.96 bits per heavy atom. The third-order valence-corrected chi connectivity index (χ3v) is 5.47. The van der Waals surface area contributed by atoms with Crippen LogP contribution in [-0.2, 0) is 0 Å². The van der Waals surface area contributed by atoms with Crippen LogP contribution in [0.15, 0.2) is 12.1 Å². The van der Waals surface area contributed by atoms with E-state index in [0.29, 0.717) is 16.1 Å². The first kappa shape index (κ1) is 16.1. The minimum atomic E-state index is -0.539. The predicted molar refractivity (Wildman–Crippen MR) is 90.8 cm³/mol. The molecule has 0 spiro atoms. The Kier molecular flexibility index (Phi) is 5.07. The van der Waals surface area contributed by atoms with E-state index in [2.05, 4.69) is 14.7 Å². The first-order valence-corrected chi connectivity index (χ1v) is 8.77. The van der Waals surface area contributed by atoms with Crippen LogP contribution >= 0.6 is 11.5 Å². The smallest absolute Gasteiger partial charge is 0.269 e. The van der Waals surface area contributed by atoms with Gasteiger partial charge in [-0.3, -0.25) is 4.79 Å². The van der Waals surface area contributed by atoms with Crippen LogP contribution in [0.4, 0.5) is 0 Å². The number of methoxy groups -OCH3 is 1. The fourth-order valence-corrected chi connectivity index (χ4v) is 3.96. The largest absolute Gasteiger partial charge is 0.481 e. The molecule has 7 heteroatoms. The van der Waals surface area contributed by atoms with E-state index in [-0.39, 0.29) is 5.69 Å². The molecular weight excluding hydrogens is 312 g/mol. The molecule has 3 N–H and O–H groups in total. The zero-order valence-electron chi connectivity index (χ0n) is 13.2. The number of nitrogens with one attached hydrogen (secondary N) is 1. The number of primary amides is 1. The minimum absolute atomic E-state index is 0.264. The second-order valence-electron chi connectivity index (χ2n) is 6.03. The van der Waals surface area contributed by atoms with E-state index in [1.807, 2.05) is 0 Å². The van der Waals surface area contributed by atoms with E-state index in [9.17, 15) is 4.79 Å². The van der Waals surface area contributed by atoms with Crippen molar-refractivity contribution in [3.8, 4) is 5.88 Å². The van der Waals surface area contributed by atoms with E-state index in [0.717, 1.165) is 23.4 Å². The van der Waals surface area contributed by atoms with E-state index < -0.39 is 5.91 Å². The van der Waals surface area contributed by atoms with Crippen molar-refractivity contribution in [3.63, 3.8) is 0 Å². The zero-order chi connectivity index (χ0) is 16.2. The molecule has 2 fully saturated rings. The molecule has 4 rings (SSSR count). The molecule has 1 saturated heterocycles. The molecule has 0 bridgehead atoms. The number of amides is 1. The van der Waals surface area contributed by atoms with Crippen molar-refractivity contribution in [1.82, 2.24) is 14.7 Å². The average Bonchev–Trinajstić information content (AvgIpc) is 2.89. The number of carbonyl (C=O) groups excluding carboxylic acids is 1. The van der Waals surface area contributed by atoms with Crippen LogP contribution in [0, 0.1) is 11.8 Å². The molecule has 0 radical (unpaired) electrons. The summed E-state index contributed by atoms with van der Waals surface area (Å²) >= 11 is 1.13. The van der Waals surface area contributed by atoms with Crippen molar-refractivity contribution in [1.29, 1.82) is 0 Å². The van der Waals surface area contributed by atoms with Crippen molar-refractivity contribution >= 4 is 27.7 Å². The van der Waals surface area contributed by atoms with E-state index in [4.69, 9.17) is 10.5 Å². The molecular formula is C16H22N4O2S. The third kappa shape index (κ3) is 3.61. The first-order valence-electron chi connectivity index (χ1n) is 8.00. The molecule has 1 saturated carbocycles. The van der Waals surface area contributed by atoms with Gasteiger partial charge >= 0.3 is 0 Å². The van der Waals surface area contributed by atoms with Gasteiger partial charge in [0, 0.05) is 11.5 Å². The molecule has 3 heterocycles. The van der Waals surface area contributed by atoms with Crippen LogP contribution in [0.25, 0.3) is 10.2 Å². The second-order valence-corrected chi connectivity index (χ2v) is 6.78. The van der Waals surface area contributed by atoms with Crippen molar-refractivity contribution in [2.45, 2.75) is 25.7 Å². The maximum atomic E-state index is 10.9. The van der Waals surface area contributed by atoms with Crippen molar-refractivity contribution in [3.05, 3.63) is 17.8 Å². The summed E-state index contributed by atoms with van der Waals surface area (Å²) in [6, 6.07) is 3.40. The number of rotatable bonds is 2. The molecule has 1 aliphatic heterocycles. The van der Waals surface area contributed by atoms with Crippen LogP contribution in [0.3, 0.4) is 0 Å². The van der Waals surface area contributed by atoms with Gasteiger partial charge in [0.1, 0.15) is 4.83 Å². The Hall–Kier alpha value is -1.73. The zero-order valence-corrected chi connectivity index (χ0v) is 14.1. The summed E-state index contributed by atoms with van der Waals surface area (Å²) in [6.07, 6.45) is 5.94. The number of aromatic nitrogens is 2. The van der Waals surface area contributed by atoms with Crippen LogP contribution in [0.2, 0.25) is 0 Å². The Labute approximate surface area is 139 Å². The highest BCUT2D eigenvalue weighted by Gasteiger charge is 2.30. The molecule has 0 aromatic carbocycles. The first-order chi connectivity index (χ1) is 11.2. The molecule has 2 aliphatic rings. The molecule has 1 aliphatic carbocycles. The summed E-state index contributed by atoms with van der Waals surface area (Å²) in [5.74, 6) is 2.18. The Bertz CT molecular complexity index is 676. The molecule has 1 amide bonds. The molecule has 124 valence electrons. The number of fused-ring (bicyclic) bond motifs is 2. The van der Waals surface area contributed by atoms with E-state index in [1.165, 1.54) is 45.9 Å². The van der Waals surface area contributed by atoms with E-state index in [1.54, 1.807) is 12.1 Å². The average molecular weight is 334 g/mol. The molecule has 2 aromatic rings. The maximum Gasteiger partial charge on any atom is 0.269 e. The quantitative estimate of drug-likeness (QED) is 0.878. The lowest BCUT2D eigenvalue weighted by Gasteiger charge is -2.34. The lowest BCUT2D eigenvalue weighted by molar-refractivity contribution is 0.0998. The maximum absolute atomic E-state index is 10.9. The number of ether oxygens (including phenoxy) is 1. The van der Waals surface area contributed by atoms with Gasteiger partial charge < -0.3 is 15.8 Å². The highest BCUT2D eigenvalue weighted by atomic mass is 32.1. The highest BCUT2D eigenvalue weighted by Crippen LogP contribution is 2.39. The molecule has 2 atom stereocenters. The van der Waals surface area contributed by atoms with Crippen molar-refractivity contribution in [2.75, 3.05) is 20.2 Å². The predicted octanol–water partition coefficient (Wildman–Crippen LogP) is 2.19. The number of pyridine rings is 1. The topological polar surface area (TPSA) is 90.1 Å². The molecule has 2 aromatic heterocycles. The minimum Gasteiger partial charge on any atom is -0.481 e. The fourth-order valence-electron chi connectivity index (χ4n) is 3.20. The second kappa shape index (κ2) is 7.23.